The number of hydrogen-bond acceptors (Lipinski definition) is 4. The molecule has 0 aliphatic heterocycles. The van der Waals surface area contributed by atoms with Crippen LogP contribution < -0.4 is 5.32 Å². The van der Waals surface area contributed by atoms with Gasteiger partial charge in [-0.2, -0.15) is 0 Å². The molecule has 22 heavy (non-hydrogen) atoms. The zero-order valence-electron chi connectivity index (χ0n) is 14.5. The van der Waals surface area contributed by atoms with Crippen LogP contribution in [0.2, 0.25) is 0 Å². The molecule has 0 spiro atoms. The summed E-state index contributed by atoms with van der Waals surface area (Å²) in [7, 11) is 2.12. The van der Waals surface area contributed by atoms with Crippen LogP contribution in [-0.4, -0.2) is 53.5 Å². The number of rotatable bonds is 4. The number of likely N-dealkylation sites (N-methyl/N-ethyl adjacent to an activating group) is 1. The number of hydrogen-bond donors (Lipinski definition) is 2. The van der Waals surface area contributed by atoms with Gasteiger partial charge in [-0.15, -0.1) is 0 Å². The first-order valence-corrected chi connectivity index (χ1v) is 8.62. The lowest BCUT2D eigenvalue weighted by Crippen LogP contribution is -2.56. The third-order valence-electron chi connectivity index (χ3n) is 4.83. The number of nitrogens with zero attached hydrogens (tertiary/aromatic N) is 1. The molecule has 2 aliphatic carbocycles. The van der Waals surface area contributed by atoms with Crippen LogP contribution in [0.5, 0.6) is 0 Å². The predicted octanol–water partition coefficient (Wildman–Crippen LogP) is 2.53. The number of carbonyl (C=O) groups excluding carboxylic acids is 1. The number of amides is 1. The number of aliphatic hydroxyl groups excluding tert-OH is 1. The van der Waals surface area contributed by atoms with Crippen molar-refractivity contribution in [2.24, 2.45) is 5.92 Å². The van der Waals surface area contributed by atoms with Crippen molar-refractivity contribution in [3.05, 3.63) is 0 Å². The minimum Gasteiger partial charge on any atom is -0.444 e. The molecule has 2 fully saturated rings. The van der Waals surface area contributed by atoms with Gasteiger partial charge in [0.2, 0.25) is 0 Å². The van der Waals surface area contributed by atoms with E-state index in [2.05, 4.69) is 17.3 Å². The molecule has 0 saturated heterocycles. The number of alkyl carbamates (subject to hydrolysis) is 1. The van der Waals surface area contributed by atoms with Gasteiger partial charge in [-0.25, -0.2) is 4.79 Å². The van der Waals surface area contributed by atoms with E-state index >= 15 is 0 Å². The number of carbonyl (C=O) groups is 1. The van der Waals surface area contributed by atoms with Crippen LogP contribution in [0.1, 0.15) is 59.3 Å². The Morgan fingerprint density at radius 1 is 1.27 bits per heavy atom. The largest absolute Gasteiger partial charge is 0.444 e. The molecule has 0 heterocycles. The molecule has 2 saturated carbocycles. The number of aliphatic hydroxyl groups is 1. The minimum atomic E-state index is -0.481. The van der Waals surface area contributed by atoms with Gasteiger partial charge in [-0.3, -0.25) is 0 Å². The number of nitrogens with one attached hydrogen (secondary N) is 1. The van der Waals surface area contributed by atoms with Crippen LogP contribution >= 0.6 is 0 Å². The Balaban J connectivity index is 1.92. The van der Waals surface area contributed by atoms with Gasteiger partial charge in [0, 0.05) is 18.6 Å². The second-order valence-corrected chi connectivity index (χ2v) is 8.02. The molecular formula is C17H32N2O3. The van der Waals surface area contributed by atoms with Crippen molar-refractivity contribution in [2.45, 2.75) is 83.1 Å². The summed E-state index contributed by atoms with van der Waals surface area (Å²) >= 11 is 0. The topological polar surface area (TPSA) is 61.8 Å². The van der Waals surface area contributed by atoms with Crippen LogP contribution in [0.15, 0.2) is 0 Å². The minimum absolute atomic E-state index is 0.0586. The Kier molecular flexibility index (Phi) is 5.72. The standard InChI is InChI=1S/C17H32N2O3/c1-17(2,3)22-16(21)18-14-9-8-13(20)10-15(14)19(4)11-12-6-5-7-12/h12-15,20H,5-11H2,1-4H3,(H,18,21). The third-order valence-corrected chi connectivity index (χ3v) is 4.83. The van der Waals surface area contributed by atoms with Gasteiger partial charge in [0.15, 0.2) is 0 Å². The average Bonchev–Trinajstić information content (AvgIpc) is 2.33. The second kappa shape index (κ2) is 7.18. The van der Waals surface area contributed by atoms with Crippen molar-refractivity contribution >= 4 is 6.09 Å². The lowest BCUT2D eigenvalue weighted by Gasteiger charge is -2.42. The lowest BCUT2D eigenvalue weighted by atomic mass is 9.83. The third kappa shape index (κ3) is 5.13. The highest BCUT2D eigenvalue weighted by Crippen LogP contribution is 2.30. The molecule has 5 heteroatoms. The second-order valence-electron chi connectivity index (χ2n) is 8.02. The smallest absolute Gasteiger partial charge is 0.407 e. The van der Waals surface area contributed by atoms with E-state index in [0.29, 0.717) is 0 Å². The molecule has 0 bridgehead atoms. The maximum absolute atomic E-state index is 12.1. The van der Waals surface area contributed by atoms with E-state index in [4.69, 9.17) is 4.74 Å². The van der Waals surface area contributed by atoms with Gasteiger partial charge in [0.25, 0.3) is 0 Å². The molecule has 0 radical (unpaired) electrons. The first-order valence-electron chi connectivity index (χ1n) is 8.62. The maximum atomic E-state index is 12.1. The molecule has 2 aliphatic rings. The summed E-state index contributed by atoms with van der Waals surface area (Å²) in [6.45, 7) is 6.68. The van der Waals surface area contributed by atoms with E-state index in [1.54, 1.807) is 0 Å². The van der Waals surface area contributed by atoms with Gasteiger partial charge in [-0.05, 0) is 65.8 Å². The van der Waals surface area contributed by atoms with E-state index in [-0.39, 0.29) is 24.3 Å². The van der Waals surface area contributed by atoms with Crippen LogP contribution in [-0.2, 0) is 4.74 Å². The summed E-state index contributed by atoms with van der Waals surface area (Å²) in [5.41, 5.74) is -0.481. The predicted molar refractivity (Wildman–Crippen MR) is 86.8 cm³/mol. The van der Waals surface area contributed by atoms with Crippen LogP contribution in [0.4, 0.5) is 4.79 Å². The van der Waals surface area contributed by atoms with E-state index in [0.717, 1.165) is 31.7 Å². The highest BCUT2D eigenvalue weighted by Gasteiger charge is 2.35. The maximum Gasteiger partial charge on any atom is 0.407 e. The molecule has 128 valence electrons. The quantitative estimate of drug-likeness (QED) is 0.837. The summed E-state index contributed by atoms with van der Waals surface area (Å²) in [4.78, 5) is 14.4. The van der Waals surface area contributed by atoms with Crippen LogP contribution in [0.3, 0.4) is 0 Å². The van der Waals surface area contributed by atoms with E-state index in [9.17, 15) is 9.90 Å². The Morgan fingerprint density at radius 2 is 1.95 bits per heavy atom. The Morgan fingerprint density at radius 3 is 2.50 bits per heavy atom. The molecule has 0 aromatic carbocycles. The van der Waals surface area contributed by atoms with Crippen molar-refractivity contribution < 1.29 is 14.6 Å². The molecule has 3 unspecified atom stereocenters. The van der Waals surface area contributed by atoms with E-state index in [1.807, 2.05) is 20.8 Å². The van der Waals surface area contributed by atoms with Crippen molar-refractivity contribution in [3.8, 4) is 0 Å². The lowest BCUT2D eigenvalue weighted by molar-refractivity contribution is 0.0229. The summed E-state index contributed by atoms with van der Waals surface area (Å²) < 4.78 is 5.38. The Hall–Kier alpha value is -0.810. The number of ether oxygens (including phenoxy) is 1. The molecule has 5 nitrogen and oxygen atoms in total. The zero-order valence-corrected chi connectivity index (χ0v) is 14.5. The normalized spacial score (nSPS) is 30.0. The van der Waals surface area contributed by atoms with Crippen molar-refractivity contribution in [2.75, 3.05) is 13.6 Å². The van der Waals surface area contributed by atoms with Crippen LogP contribution in [0.25, 0.3) is 0 Å². The van der Waals surface area contributed by atoms with Crippen molar-refractivity contribution in [3.63, 3.8) is 0 Å². The molecule has 0 aromatic rings. The zero-order chi connectivity index (χ0) is 16.3. The highest BCUT2D eigenvalue weighted by atomic mass is 16.6. The van der Waals surface area contributed by atoms with Gasteiger partial charge >= 0.3 is 6.09 Å². The van der Waals surface area contributed by atoms with Gasteiger partial charge in [0.05, 0.1) is 6.10 Å². The van der Waals surface area contributed by atoms with E-state index < -0.39 is 5.60 Å². The average molecular weight is 312 g/mol. The molecule has 0 aromatic heterocycles. The van der Waals surface area contributed by atoms with Gasteiger partial charge < -0.3 is 20.1 Å². The highest BCUT2D eigenvalue weighted by molar-refractivity contribution is 5.68. The molecule has 2 N–H and O–H groups in total. The fourth-order valence-corrected chi connectivity index (χ4v) is 3.46. The molecule has 1 amide bonds. The van der Waals surface area contributed by atoms with Crippen molar-refractivity contribution in [1.29, 1.82) is 0 Å². The van der Waals surface area contributed by atoms with Gasteiger partial charge in [-0.1, -0.05) is 6.42 Å². The summed E-state index contributed by atoms with van der Waals surface area (Å²) in [6, 6.07) is 0.250. The molecule has 3 atom stereocenters. The fraction of sp³-hybridized carbons (Fsp3) is 0.941. The van der Waals surface area contributed by atoms with Crippen molar-refractivity contribution in [1.82, 2.24) is 10.2 Å². The summed E-state index contributed by atoms with van der Waals surface area (Å²) in [5.74, 6) is 0.784. The van der Waals surface area contributed by atoms with Gasteiger partial charge in [0.1, 0.15) is 5.60 Å². The first kappa shape index (κ1) is 17.5. The monoisotopic (exact) mass is 312 g/mol. The Labute approximate surface area is 134 Å². The summed E-state index contributed by atoms with van der Waals surface area (Å²) in [5, 5.41) is 13.0. The van der Waals surface area contributed by atoms with Crippen LogP contribution in [0, 0.1) is 5.92 Å². The van der Waals surface area contributed by atoms with E-state index in [1.165, 1.54) is 19.3 Å². The fourth-order valence-electron chi connectivity index (χ4n) is 3.46. The summed E-state index contributed by atoms with van der Waals surface area (Å²) in [6.07, 6.45) is 5.62. The SMILES string of the molecule is CN(CC1CCC1)C1CC(O)CCC1NC(=O)OC(C)(C)C. The first-order chi connectivity index (χ1) is 10.2. The molecular weight excluding hydrogens is 280 g/mol. The Bertz CT molecular complexity index is 377. The molecule has 2 rings (SSSR count).